The molecule has 3 amide bonds. The first-order chi connectivity index (χ1) is 15.9. The third-order valence-electron chi connectivity index (χ3n) is 5.09. The van der Waals surface area contributed by atoms with E-state index < -0.39 is 30.2 Å². The lowest BCUT2D eigenvalue weighted by Crippen LogP contribution is -2.61. The first kappa shape index (κ1) is 25.7. The molecule has 0 spiro atoms. The number of piperazine rings is 1. The van der Waals surface area contributed by atoms with E-state index in [1.54, 1.807) is 0 Å². The summed E-state index contributed by atoms with van der Waals surface area (Å²) >= 11 is 0. The van der Waals surface area contributed by atoms with Crippen molar-refractivity contribution in [2.45, 2.75) is 50.8 Å². The lowest BCUT2D eigenvalue weighted by molar-refractivity contribution is -0.138. The normalized spacial score (nSPS) is 17.6. The second-order valence-corrected chi connectivity index (χ2v) is 7.66. The summed E-state index contributed by atoms with van der Waals surface area (Å²) in [5, 5.41) is 14.3. The Morgan fingerprint density at radius 2 is 1.94 bits per heavy atom. The van der Waals surface area contributed by atoms with Crippen LogP contribution >= 0.6 is 0 Å². The van der Waals surface area contributed by atoms with Crippen LogP contribution in [0.4, 0.5) is 9.59 Å². The monoisotopic (exact) mass is 461 g/mol. The van der Waals surface area contributed by atoms with Crippen molar-refractivity contribution in [2.24, 2.45) is 0 Å². The maximum absolute atomic E-state index is 12.6. The first-order valence-electron chi connectivity index (χ1n) is 10.9. The third-order valence-corrected chi connectivity index (χ3v) is 5.09. The second kappa shape index (κ2) is 13.8. The van der Waals surface area contributed by atoms with Crippen LogP contribution in [0.1, 0.15) is 37.7 Å². The number of rotatable bonds is 12. The fraction of sp³-hybridized carbons (Fsp3) is 0.478. The highest BCUT2D eigenvalue weighted by Crippen LogP contribution is 2.18. The van der Waals surface area contributed by atoms with Gasteiger partial charge in [-0.15, -0.1) is 0 Å². The van der Waals surface area contributed by atoms with E-state index in [0.29, 0.717) is 25.8 Å². The number of benzene rings is 1. The Labute approximate surface area is 192 Å². The largest absolute Gasteiger partial charge is 0.481 e. The Morgan fingerprint density at radius 1 is 1.18 bits per heavy atom. The van der Waals surface area contributed by atoms with Gasteiger partial charge in [-0.2, -0.15) is 0 Å². The number of nitrogens with one attached hydrogen (secondary N) is 2. The molecule has 0 bridgehead atoms. The molecule has 1 saturated heterocycles. The van der Waals surface area contributed by atoms with Crippen molar-refractivity contribution in [3.63, 3.8) is 0 Å². The molecule has 2 atom stereocenters. The molecule has 2 rings (SSSR count). The summed E-state index contributed by atoms with van der Waals surface area (Å²) < 4.78 is 10.3. The van der Waals surface area contributed by atoms with Gasteiger partial charge in [-0.25, -0.2) is 9.59 Å². The number of carboxylic acid groups (broad SMARTS) is 1. The van der Waals surface area contributed by atoms with E-state index in [1.165, 1.54) is 11.0 Å². The minimum absolute atomic E-state index is 0.0124. The number of hydrogen-bond acceptors (Lipinski definition) is 6. The zero-order valence-electron chi connectivity index (χ0n) is 18.5. The fourth-order valence-corrected chi connectivity index (χ4v) is 3.44. The molecule has 0 aliphatic carbocycles. The number of hydrogen-bond donors (Lipinski definition) is 3. The predicted octanol–water partition coefficient (Wildman–Crippen LogP) is 2.44. The van der Waals surface area contributed by atoms with Crippen LogP contribution in [0.3, 0.4) is 0 Å². The summed E-state index contributed by atoms with van der Waals surface area (Å²) in [6, 6.07) is 8.15. The molecule has 1 aliphatic heterocycles. The van der Waals surface area contributed by atoms with Gasteiger partial charge in [-0.05, 0) is 31.2 Å². The topological polar surface area (TPSA) is 134 Å². The van der Waals surface area contributed by atoms with Gasteiger partial charge in [0.25, 0.3) is 0 Å². The predicted molar refractivity (Wildman–Crippen MR) is 119 cm³/mol. The van der Waals surface area contributed by atoms with Crippen LogP contribution in [-0.4, -0.2) is 65.8 Å². The van der Waals surface area contributed by atoms with Gasteiger partial charge in [0.05, 0.1) is 0 Å². The molecule has 33 heavy (non-hydrogen) atoms. The summed E-state index contributed by atoms with van der Waals surface area (Å²) in [6.45, 7) is 4.23. The van der Waals surface area contributed by atoms with Gasteiger partial charge in [0.2, 0.25) is 5.91 Å². The third kappa shape index (κ3) is 9.22. The molecule has 1 aromatic rings. The molecule has 3 N–H and O–H groups in total. The van der Waals surface area contributed by atoms with E-state index >= 15 is 0 Å². The van der Waals surface area contributed by atoms with Gasteiger partial charge >= 0.3 is 18.2 Å². The van der Waals surface area contributed by atoms with Gasteiger partial charge in [0, 0.05) is 25.6 Å². The van der Waals surface area contributed by atoms with Gasteiger partial charge in [0.1, 0.15) is 19.3 Å². The van der Waals surface area contributed by atoms with Crippen molar-refractivity contribution in [1.82, 2.24) is 15.5 Å². The number of aliphatic carboxylic acids is 1. The highest BCUT2D eigenvalue weighted by Gasteiger charge is 2.37. The smallest absolute Gasteiger partial charge is 0.410 e. The number of ether oxygens (including phenoxy) is 2. The molecule has 1 fully saturated rings. The number of amides is 3. The van der Waals surface area contributed by atoms with Crippen molar-refractivity contribution in [2.75, 3.05) is 19.7 Å². The van der Waals surface area contributed by atoms with Gasteiger partial charge in [-0.3, -0.25) is 14.5 Å². The highest BCUT2D eigenvalue weighted by molar-refractivity contribution is 5.87. The summed E-state index contributed by atoms with van der Waals surface area (Å²) in [5.41, 5.74) is 0.890. The van der Waals surface area contributed by atoms with Crippen molar-refractivity contribution < 1.29 is 33.8 Å². The molecule has 10 nitrogen and oxygen atoms in total. The Kier molecular flexibility index (Phi) is 10.7. The fourth-order valence-electron chi connectivity index (χ4n) is 3.44. The lowest BCUT2D eigenvalue weighted by Gasteiger charge is -2.38. The summed E-state index contributed by atoms with van der Waals surface area (Å²) in [6.07, 6.45) is 1.90. The minimum Gasteiger partial charge on any atom is -0.481 e. The number of alkyl carbamates (subject to hydrolysis) is 1. The lowest BCUT2D eigenvalue weighted by atomic mass is 10.0. The van der Waals surface area contributed by atoms with Gasteiger partial charge < -0.3 is 25.2 Å². The Hall–Kier alpha value is -3.56. The number of unbranched alkanes of at least 4 members (excludes halogenated alkanes) is 1. The van der Waals surface area contributed by atoms with Crippen LogP contribution in [0.5, 0.6) is 0 Å². The van der Waals surface area contributed by atoms with Crippen LogP contribution < -0.4 is 10.6 Å². The van der Waals surface area contributed by atoms with Gasteiger partial charge in [0.15, 0.2) is 0 Å². The van der Waals surface area contributed by atoms with Crippen molar-refractivity contribution >= 4 is 24.1 Å². The minimum atomic E-state index is -0.970. The molecule has 1 heterocycles. The Balaban J connectivity index is 1.77. The quantitative estimate of drug-likeness (QED) is 0.321. The first-order valence-corrected chi connectivity index (χ1v) is 10.9. The maximum Gasteiger partial charge on any atom is 0.410 e. The van der Waals surface area contributed by atoms with E-state index in [4.69, 9.17) is 14.6 Å². The summed E-state index contributed by atoms with van der Waals surface area (Å²) in [7, 11) is 0. The summed E-state index contributed by atoms with van der Waals surface area (Å²) in [4.78, 5) is 49.1. The molecule has 10 heteroatoms. The van der Waals surface area contributed by atoms with Crippen molar-refractivity contribution in [1.29, 1.82) is 0 Å². The number of nitrogens with zero attached hydrogens (tertiary/aromatic N) is 1. The maximum atomic E-state index is 12.6. The standard InChI is InChI=1S/C23H31N3O7/c1-2-14-32-23(31)26-15-18(11-12-20(27)28)25-21(29)19(26)10-6-7-13-24-22(30)33-16-17-8-4-3-5-9-17/h2-5,8-9,18-19H,1,6-7,10-16H2,(H,24,30)(H,25,29)(H,27,28)/t18-,19-/m0/s1. The Bertz CT molecular complexity index is 816. The molecule has 0 radical (unpaired) electrons. The van der Waals surface area contributed by atoms with Crippen LogP contribution in [0.2, 0.25) is 0 Å². The van der Waals surface area contributed by atoms with E-state index in [1.807, 2.05) is 30.3 Å². The number of carbonyl (C=O) groups is 4. The summed E-state index contributed by atoms with van der Waals surface area (Å²) in [5.74, 6) is -1.32. The molecular formula is C23H31N3O7. The van der Waals surface area contributed by atoms with Crippen LogP contribution in [0.25, 0.3) is 0 Å². The number of carbonyl (C=O) groups excluding carboxylic acids is 3. The molecule has 0 aromatic heterocycles. The van der Waals surface area contributed by atoms with Crippen LogP contribution in [-0.2, 0) is 25.7 Å². The average molecular weight is 462 g/mol. The van der Waals surface area contributed by atoms with Gasteiger partial charge in [-0.1, -0.05) is 43.0 Å². The SMILES string of the molecule is C=CCOC(=O)N1C[C@H](CCC(=O)O)NC(=O)[C@@H]1CCCCNC(=O)OCc1ccccc1. The van der Waals surface area contributed by atoms with Crippen LogP contribution in [0.15, 0.2) is 43.0 Å². The molecule has 1 aromatic carbocycles. The zero-order valence-corrected chi connectivity index (χ0v) is 18.5. The van der Waals surface area contributed by atoms with E-state index in [0.717, 1.165) is 5.56 Å². The van der Waals surface area contributed by atoms with E-state index in [2.05, 4.69) is 17.2 Å². The van der Waals surface area contributed by atoms with E-state index in [-0.39, 0.29) is 38.5 Å². The molecule has 1 aliphatic rings. The average Bonchev–Trinajstić information content (AvgIpc) is 2.81. The number of carboxylic acids is 1. The second-order valence-electron chi connectivity index (χ2n) is 7.66. The molecule has 0 saturated carbocycles. The van der Waals surface area contributed by atoms with Crippen LogP contribution in [0, 0.1) is 0 Å². The Morgan fingerprint density at radius 3 is 2.64 bits per heavy atom. The molecular weight excluding hydrogens is 430 g/mol. The highest BCUT2D eigenvalue weighted by atomic mass is 16.6. The zero-order chi connectivity index (χ0) is 24.1. The molecule has 0 unspecified atom stereocenters. The van der Waals surface area contributed by atoms with E-state index in [9.17, 15) is 19.2 Å². The van der Waals surface area contributed by atoms with Crippen molar-refractivity contribution in [3.8, 4) is 0 Å². The van der Waals surface area contributed by atoms with Crippen molar-refractivity contribution in [3.05, 3.63) is 48.6 Å². The molecule has 180 valence electrons.